The highest BCUT2D eigenvalue weighted by molar-refractivity contribution is 5.79. The van der Waals surface area contributed by atoms with Crippen LogP contribution in [0.5, 0.6) is 5.75 Å². The molecule has 7 heteroatoms. The highest BCUT2D eigenvalue weighted by Gasteiger charge is 2.10. The number of hydrogen-bond donors (Lipinski definition) is 2. The van der Waals surface area contributed by atoms with Crippen LogP contribution in [0, 0.1) is 5.82 Å². The molecule has 0 saturated heterocycles. The van der Waals surface area contributed by atoms with Gasteiger partial charge in [0.1, 0.15) is 17.7 Å². The van der Waals surface area contributed by atoms with E-state index in [-0.39, 0.29) is 11.9 Å². The fourth-order valence-corrected chi connectivity index (χ4v) is 2.18. The van der Waals surface area contributed by atoms with Crippen LogP contribution < -0.4 is 15.4 Å². The summed E-state index contributed by atoms with van der Waals surface area (Å²) in [5, 5.41) is 10.6. The van der Waals surface area contributed by atoms with Crippen molar-refractivity contribution >= 4 is 5.96 Å². The van der Waals surface area contributed by atoms with Gasteiger partial charge in [-0.3, -0.25) is 9.67 Å². The molecule has 0 bridgehead atoms. The van der Waals surface area contributed by atoms with Crippen LogP contribution in [-0.4, -0.2) is 35.4 Å². The van der Waals surface area contributed by atoms with E-state index in [4.69, 9.17) is 4.74 Å². The standard InChI is InChI=1S/C17H24FN5O/c1-4-15(24-16-7-5-6-13(18)10-16)12-21-17(19-2)20-11-14-8-9-22-23(14)3/h5-10,15H,4,11-12H2,1-3H3,(H2,19,20,21). The van der Waals surface area contributed by atoms with Crippen LogP contribution in [0.2, 0.25) is 0 Å². The Morgan fingerprint density at radius 3 is 2.83 bits per heavy atom. The van der Waals surface area contributed by atoms with Crippen LogP contribution in [0.25, 0.3) is 0 Å². The van der Waals surface area contributed by atoms with E-state index in [9.17, 15) is 4.39 Å². The van der Waals surface area contributed by atoms with E-state index in [1.54, 1.807) is 25.4 Å². The fourth-order valence-electron chi connectivity index (χ4n) is 2.18. The first-order valence-electron chi connectivity index (χ1n) is 7.96. The van der Waals surface area contributed by atoms with Crippen molar-refractivity contribution in [3.8, 4) is 5.75 Å². The molecule has 0 saturated carbocycles. The monoisotopic (exact) mass is 333 g/mol. The lowest BCUT2D eigenvalue weighted by Gasteiger charge is -2.20. The van der Waals surface area contributed by atoms with Gasteiger partial charge in [-0.15, -0.1) is 0 Å². The summed E-state index contributed by atoms with van der Waals surface area (Å²) in [5.41, 5.74) is 1.06. The van der Waals surface area contributed by atoms with Gasteiger partial charge in [-0.25, -0.2) is 4.39 Å². The van der Waals surface area contributed by atoms with Crippen molar-refractivity contribution in [2.45, 2.75) is 26.0 Å². The molecule has 1 heterocycles. The number of aryl methyl sites for hydroxylation is 1. The Morgan fingerprint density at radius 2 is 2.21 bits per heavy atom. The second-order valence-electron chi connectivity index (χ2n) is 5.36. The van der Waals surface area contributed by atoms with E-state index in [0.717, 1.165) is 12.1 Å². The Balaban J connectivity index is 1.83. The highest BCUT2D eigenvalue weighted by atomic mass is 19.1. The maximum atomic E-state index is 13.2. The average molecular weight is 333 g/mol. The van der Waals surface area contributed by atoms with E-state index >= 15 is 0 Å². The number of nitrogens with one attached hydrogen (secondary N) is 2. The molecule has 0 aliphatic carbocycles. The van der Waals surface area contributed by atoms with Crippen molar-refractivity contribution in [1.82, 2.24) is 20.4 Å². The third-order valence-corrected chi connectivity index (χ3v) is 3.63. The summed E-state index contributed by atoms with van der Waals surface area (Å²) in [6.45, 7) is 3.22. The predicted molar refractivity (Wildman–Crippen MR) is 92.5 cm³/mol. The van der Waals surface area contributed by atoms with Gasteiger partial charge in [0.2, 0.25) is 0 Å². The van der Waals surface area contributed by atoms with Gasteiger partial charge < -0.3 is 15.4 Å². The molecule has 1 unspecified atom stereocenters. The minimum absolute atomic E-state index is 0.0814. The average Bonchev–Trinajstić information content (AvgIpc) is 2.99. The lowest BCUT2D eigenvalue weighted by molar-refractivity contribution is 0.198. The molecular formula is C17H24FN5O. The third kappa shape index (κ3) is 5.26. The number of ether oxygens (including phenoxy) is 1. The van der Waals surface area contributed by atoms with Gasteiger partial charge in [-0.1, -0.05) is 13.0 Å². The molecule has 1 atom stereocenters. The highest BCUT2D eigenvalue weighted by Crippen LogP contribution is 2.14. The number of rotatable bonds is 7. The lowest BCUT2D eigenvalue weighted by Crippen LogP contribution is -2.42. The Labute approximate surface area is 141 Å². The molecule has 2 N–H and O–H groups in total. The van der Waals surface area contributed by atoms with Crippen molar-refractivity contribution in [2.75, 3.05) is 13.6 Å². The van der Waals surface area contributed by atoms with Crippen LogP contribution in [0.3, 0.4) is 0 Å². The van der Waals surface area contributed by atoms with Gasteiger partial charge in [-0.05, 0) is 24.6 Å². The Bertz CT molecular complexity index is 671. The van der Waals surface area contributed by atoms with Crippen molar-refractivity contribution in [2.24, 2.45) is 12.0 Å². The minimum Gasteiger partial charge on any atom is -0.489 e. The van der Waals surface area contributed by atoms with Crippen LogP contribution in [-0.2, 0) is 13.6 Å². The van der Waals surface area contributed by atoms with Gasteiger partial charge >= 0.3 is 0 Å². The van der Waals surface area contributed by atoms with Gasteiger partial charge in [0.15, 0.2) is 5.96 Å². The molecule has 0 radical (unpaired) electrons. The van der Waals surface area contributed by atoms with Crippen molar-refractivity contribution in [3.63, 3.8) is 0 Å². The Hall–Kier alpha value is -2.57. The summed E-state index contributed by atoms with van der Waals surface area (Å²) < 4.78 is 20.8. The Kier molecular flexibility index (Phi) is 6.60. The summed E-state index contributed by atoms with van der Waals surface area (Å²) in [6.07, 6.45) is 2.47. The second-order valence-corrected chi connectivity index (χ2v) is 5.36. The number of benzene rings is 1. The van der Waals surface area contributed by atoms with Crippen LogP contribution in [0.1, 0.15) is 19.0 Å². The molecule has 24 heavy (non-hydrogen) atoms. The van der Waals surface area contributed by atoms with Crippen molar-refractivity contribution in [1.29, 1.82) is 0 Å². The number of nitrogens with zero attached hydrogens (tertiary/aromatic N) is 3. The molecule has 1 aromatic carbocycles. The van der Waals surface area contributed by atoms with Gasteiger partial charge in [0, 0.05) is 26.4 Å². The van der Waals surface area contributed by atoms with Crippen molar-refractivity contribution < 1.29 is 9.13 Å². The number of aromatic nitrogens is 2. The number of hydrogen-bond acceptors (Lipinski definition) is 3. The molecule has 0 fully saturated rings. The summed E-state index contributed by atoms with van der Waals surface area (Å²) >= 11 is 0. The smallest absolute Gasteiger partial charge is 0.191 e. The largest absolute Gasteiger partial charge is 0.489 e. The fraction of sp³-hybridized carbons (Fsp3) is 0.412. The van der Waals surface area contributed by atoms with Gasteiger partial charge in [0.05, 0.1) is 18.8 Å². The quantitative estimate of drug-likeness (QED) is 0.601. The van der Waals surface area contributed by atoms with E-state index in [1.165, 1.54) is 12.1 Å². The molecule has 0 amide bonds. The predicted octanol–water partition coefficient (Wildman–Crippen LogP) is 2.08. The minimum atomic E-state index is -0.302. The molecule has 2 rings (SSSR count). The van der Waals surface area contributed by atoms with Crippen LogP contribution in [0.4, 0.5) is 4.39 Å². The van der Waals surface area contributed by atoms with Crippen LogP contribution >= 0.6 is 0 Å². The van der Waals surface area contributed by atoms with E-state index < -0.39 is 0 Å². The molecule has 0 spiro atoms. The molecule has 6 nitrogen and oxygen atoms in total. The zero-order valence-corrected chi connectivity index (χ0v) is 14.3. The molecule has 130 valence electrons. The van der Waals surface area contributed by atoms with E-state index in [1.807, 2.05) is 24.7 Å². The SMILES string of the molecule is CCC(CNC(=NC)NCc1ccnn1C)Oc1cccc(F)c1. The summed E-state index contributed by atoms with van der Waals surface area (Å²) in [4.78, 5) is 4.19. The number of guanidine groups is 1. The third-order valence-electron chi connectivity index (χ3n) is 3.63. The molecular weight excluding hydrogens is 309 g/mol. The van der Waals surface area contributed by atoms with Crippen molar-refractivity contribution in [3.05, 3.63) is 48.0 Å². The summed E-state index contributed by atoms with van der Waals surface area (Å²) in [6, 6.07) is 8.12. The van der Waals surface area contributed by atoms with Gasteiger partial charge in [-0.2, -0.15) is 5.10 Å². The van der Waals surface area contributed by atoms with Crippen LogP contribution in [0.15, 0.2) is 41.5 Å². The maximum Gasteiger partial charge on any atom is 0.191 e. The van der Waals surface area contributed by atoms with E-state index in [0.29, 0.717) is 24.8 Å². The second kappa shape index (κ2) is 8.90. The maximum absolute atomic E-state index is 13.2. The first-order chi connectivity index (χ1) is 11.6. The first kappa shape index (κ1) is 17.8. The van der Waals surface area contributed by atoms with Gasteiger partial charge in [0.25, 0.3) is 0 Å². The zero-order chi connectivity index (χ0) is 17.4. The normalized spacial score (nSPS) is 12.8. The summed E-state index contributed by atoms with van der Waals surface area (Å²) in [7, 11) is 3.61. The molecule has 2 aromatic rings. The first-order valence-corrected chi connectivity index (χ1v) is 7.96. The zero-order valence-electron chi connectivity index (χ0n) is 14.3. The molecule has 0 aliphatic rings. The Morgan fingerprint density at radius 1 is 1.38 bits per heavy atom. The van der Waals surface area contributed by atoms with E-state index in [2.05, 4.69) is 20.7 Å². The number of aliphatic imine (C=N–C) groups is 1. The summed E-state index contributed by atoms with van der Waals surface area (Å²) in [5.74, 6) is 0.905. The molecule has 0 aliphatic heterocycles. The lowest BCUT2D eigenvalue weighted by atomic mass is 10.2. The topological polar surface area (TPSA) is 63.5 Å². The number of halogens is 1. The molecule has 1 aromatic heterocycles.